The van der Waals surface area contributed by atoms with Crippen LogP contribution < -0.4 is 5.73 Å². The summed E-state index contributed by atoms with van der Waals surface area (Å²) in [5.74, 6) is -0.184. The Labute approximate surface area is 119 Å². The highest BCUT2D eigenvalue weighted by Crippen LogP contribution is 2.09. The Bertz CT molecular complexity index is 207. The number of amides is 1. The number of carbonyl (C=O) groups excluding carboxylic acids is 1. The molecule has 3 nitrogen and oxygen atoms in total. The minimum absolute atomic E-state index is 0.184. The topological polar surface area (TPSA) is 46.3 Å². The molecule has 0 aromatic heterocycles. The molecule has 0 aromatic carbocycles. The predicted octanol–water partition coefficient (Wildman–Crippen LogP) is 3.71. The van der Waals surface area contributed by atoms with Crippen LogP contribution in [0, 0.1) is 0 Å². The fraction of sp³-hybridized carbons (Fsp3) is 0.938. The van der Waals surface area contributed by atoms with E-state index >= 15 is 0 Å². The number of primary amides is 1. The number of hydrogen-bond acceptors (Lipinski definition) is 2. The Hall–Kier alpha value is -0.570. The molecule has 0 bridgehead atoms. The fourth-order valence-corrected chi connectivity index (χ4v) is 2.33. The van der Waals surface area contributed by atoms with Crippen LogP contribution in [0.1, 0.15) is 77.6 Å². The maximum absolute atomic E-state index is 10.6. The van der Waals surface area contributed by atoms with E-state index in [1.54, 1.807) is 0 Å². The molecule has 0 aliphatic carbocycles. The molecule has 0 fully saturated rings. The van der Waals surface area contributed by atoms with Gasteiger partial charge in [-0.1, -0.05) is 58.3 Å². The third-order valence-electron chi connectivity index (χ3n) is 3.61. The maximum atomic E-state index is 10.6. The normalized spacial score (nSPS) is 11.1. The zero-order valence-electron chi connectivity index (χ0n) is 13.1. The molecule has 0 saturated carbocycles. The van der Waals surface area contributed by atoms with Crippen LogP contribution >= 0.6 is 0 Å². The van der Waals surface area contributed by atoms with Crippen LogP contribution in [0.15, 0.2) is 0 Å². The van der Waals surface area contributed by atoms with E-state index in [0.29, 0.717) is 6.42 Å². The predicted molar refractivity (Wildman–Crippen MR) is 83.2 cm³/mol. The monoisotopic (exact) mass is 270 g/mol. The van der Waals surface area contributed by atoms with Gasteiger partial charge in [-0.3, -0.25) is 4.79 Å². The summed E-state index contributed by atoms with van der Waals surface area (Å²) in [5, 5.41) is 0. The van der Waals surface area contributed by atoms with Gasteiger partial charge >= 0.3 is 0 Å². The summed E-state index contributed by atoms with van der Waals surface area (Å²) in [5.41, 5.74) is 5.12. The molecule has 0 unspecified atom stereocenters. The second-order valence-corrected chi connectivity index (χ2v) is 5.70. The third-order valence-corrected chi connectivity index (χ3v) is 3.61. The first-order chi connectivity index (χ1) is 9.16. The van der Waals surface area contributed by atoms with E-state index in [1.165, 1.54) is 57.8 Å². The average Bonchev–Trinajstić information content (AvgIpc) is 2.36. The lowest BCUT2D eigenvalue weighted by atomic mass is 10.1. The highest BCUT2D eigenvalue weighted by Gasteiger charge is 2.00. The molecule has 3 heteroatoms. The van der Waals surface area contributed by atoms with Crippen molar-refractivity contribution >= 4 is 5.91 Å². The van der Waals surface area contributed by atoms with Crippen molar-refractivity contribution in [3.8, 4) is 0 Å². The first-order valence-corrected chi connectivity index (χ1v) is 8.13. The van der Waals surface area contributed by atoms with Crippen LogP contribution in [0.5, 0.6) is 0 Å². The quantitative estimate of drug-likeness (QED) is 0.489. The molecule has 0 aromatic rings. The number of nitrogens with zero attached hydrogens (tertiary/aromatic N) is 1. The van der Waals surface area contributed by atoms with Gasteiger partial charge in [0.25, 0.3) is 0 Å². The highest BCUT2D eigenvalue weighted by atomic mass is 16.1. The highest BCUT2D eigenvalue weighted by molar-refractivity contribution is 5.73. The van der Waals surface area contributed by atoms with Crippen LogP contribution in [0.3, 0.4) is 0 Å². The molecule has 0 heterocycles. The SMILES string of the molecule is CCCCCCCCCCCN(C)CCCC(N)=O. The molecule has 0 aliphatic heterocycles. The standard InChI is InChI=1S/C16H34N2O/c1-3-4-5-6-7-8-9-10-11-14-18(2)15-12-13-16(17)19/h3-15H2,1-2H3,(H2,17,19). The van der Waals surface area contributed by atoms with Gasteiger partial charge in [0.1, 0.15) is 0 Å². The molecule has 0 saturated heterocycles. The minimum Gasteiger partial charge on any atom is -0.370 e. The minimum atomic E-state index is -0.184. The van der Waals surface area contributed by atoms with Gasteiger partial charge in [-0.25, -0.2) is 0 Å². The van der Waals surface area contributed by atoms with Crippen molar-refractivity contribution in [3.63, 3.8) is 0 Å². The molecule has 0 radical (unpaired) electrons. The van der Waals surface area contributed by atoms with Gasteiger partial charge in [-0.2, -0.15) is 0 Å². The zero-order chi connectivity index (χ0) is 14.3. The zero-order valence-corrected chi connectivity index (χ0v) is 13.1. The third kappa shape index (κ3) is 15.4. The van der Waals surface area contributed by atoms with E-state index in [9.17, 15) is 4.79 Å². The van der Waals surface area contributed by atoms with Crippen LogP contribution in [0.2, 0.25) is 0 Å². The van der Waals surface area contributed by atoms with Crippen LogP contribution in [0.4, 0.5) is 0 Å². The molecule has 0 rings (SSSR count). The van der Waals surface area contributed by atoms with Crippen molar-refractivity contribution in [2.45, 2.75) is 77.6 Å². The van der Waals surface area contributed by atoms with Crippen LogP contribution in [-0.2, 0) is 4.79 Å². The Kier molecular flexibility index (Phi) is 13.4. The van der Waals surface area contributed by atoms with E-state index in [1.807, 2.05) is 0 Å². The van der Waals surface area contributed by atoms with Crippen molar-refractivity contribution in [2.75, 3.05) is 20.1 Å². The molecular weight excluding hydrogens is 236 g/mol. The summed E-state index contributed by atoms with van der Waals surface area (Å²) in [6.07, 6.45) is 13.8. The first-order valence-electron chi connectivity index (χ1n) is 8.13. The summed E-state index contributed by atoms with van der Waals surface area (Å²) >= 11 is 0. The van der Waals surface area contributed by atoms with Crippen LogP contribution in [-0.4, -0.2) is 30.9 Å². The Morgan fingerprint density at radius 2 is 1.32 bits per heavy atom. The van der Waals surface area contributed by atoms with Gasteiger partial charge < -0.3 is 10.6 Å². The maximum Gasteiger partial charge on any atom is 0.217 e. The molecule has 19 heavy (non-hydrogen) atoms. The molecular formula is C16H34N2O. The number of rotatable bonds is 14. The van der Waals surface area contributed by atoms with Crippen molar-refractivity contribution < 1.29 is 4.79 Å². The Morgan fingerprint density at radius 1 is 0.842 bits per heavy atom. The molecule has 0 spiro atoms. The van der Waals surface area contributed by atoms with Crippen molar-refractivity contribution in [1.82, 2.24) is 4.90 Å². The van der Waals surface area contributed by atoms with Gasteiger partial charge in [0.05, 0.1) is 0 Å². The van der Waals surface area contributed by atoms with Gasteiger partial charge in [0.15, 0.2) is 0 Å². The average molecular weight is 270 g/mol. The molecule has 1 amide bonds. The largest absolute Gasteiger partial charge is 0.370 e. The van der Waals surface area contributed by atoms with E-state index in [4.69, 9.17) is 5.73 Å². The van der Waals surface area contributed by atoms with Crippen LogP contribution in [0.25, 0.3) is 0 Å². The van der Waals surface area contributed by atoms with Crippen molar-refractivity contribution in [2.24, 2.45) is 5.73 Å². The Balaban J connectivity index is 3.14. The van der Waals surface area contributed by atoms with Gasteiger partial charge in [-0.15, -0.1) is 0 Å². The smallest absolute Gasteiger partial charge is 0.217 e. The molecule has 114 valence electrons. The first kappa shape index (κ1) is 18.4. The van der Waals surface area contributed by atoms with E-state index in [0.717, 1.165) is 19.5 Å². The number of nitrogens with two attached hydrogens (primary N) is 1. The van der Waals surface area contributed by atoms with E-state index < -0.39 is 0 Å². The van der Waals surface area contributed by atoms with E-state index in [-0.39, 0.29) is 5.91 Å². The molecule has 2 N–H and O–H groups in total. The second kappa shape index (κ2) is 13.9. The van der Waals surface area contributed by atoms with Gasteiger partial charge in [0, 0.05) is 6.42 Å². The summed E-state index contributed by atoms with van der Waals surface area (Å²) in [6, 6.07) is 0. The second-order valence-electron chi connectivity index (χ2n) is 5.70. The van der Waals surface area contributed by atoms with Gasteiger partial charge in [0.2, 0.25) is 5.91 Å². The lowest BCUT2D eigenvalue weighted by Crippen LogP contribution is -2.22. The lowest BCUT2D eigenvalue weighted by molar-refractivity contribution is -0.118. The summed E-state index contributed by atoms with van der Waals surface area (Å²) in [6.45, 7) is 4.40. The number of carbonyl (C=O) groups is 1. The fourth-order valence-electron chi connectivity index (χ4n) is 2.33. The summed E-state index contributed by atoms with van der Waals surface area (Å²) in [7, 11) is 2.13. The summed E-state index contributed by atoms with van der Waals surface area (Å²) < 4.78 is 0. The van der Waals surface area contributed by atoms with Gasteiger partial charge in [-0.05, 0) is 33.0 Å². The Morgan fingerprint density at radius 3 is 1.84 bits per heavy atom. The van der Waals surface area contributed by atoms with Crippen molar-refractivity contribution in [1.29, 1.82) is 0 Å². The van der Waals surface area contributed by atoms with Crippen molar-refractivity contribution in [3.05, 3.63) is 0 Å². The molecule has 0 atom stereocenters. The summed E-state index contributed by atoms with van der Waals surface area (Å²) in [4.78, 5) is 12.9. The number of unbranched alkanes of at least 4 members (excludes halogenated alkanes) is 8. The number of hydrogen-bond donors (Lipinski definition) is 1. The molecule has 0 aliphatic rings. The van der Waals surface area contributed by atoms with E-state index in [2.05, 4.69) is 18.9 Å². The lowest BCUT2D eigenvalue weighted by Gasteiger charge is -2.15.